The topological polar surface area (TPSA) is 66.6 Å². The Hall–Kier alpha value is -1.85. The van der Waals surface area contributed by atoms with E-state index in [0.29, 0.717) is 24.0 Å². The van der Waals surface area contributed by atoms with Crippen molar-refractivity contribution < 1.29 is 14.3 Å². The number of halogens is 1. The molecule has 2 heterocycles. The van der Waals surface area contributed by atoms with E-state index < -0.39 is 5.97 Å². The number of piperidine rings is 1. The van der Waals surface area contributed by atoms with Gasteiger partial charge in [0.25, 0.3) is 0 Å². The summed E-state index contributed by atoms with van der Waals surface area (Å²) in [5.41, 5.74) is 1.74. The van der Waals surface area contributed by atoms with Crippen LogP contribution in [-0.2, 0) is 11.3 Å². The number of likely N-dealkylation sites (tertiary alicyclic amines) is 1. The fourth-order valence-electron chi connectivity index (χ4n) is 2.90. The molecule has 0 spiro atoms. The van der Waals surface area contributed by atoms with Gasteiger partial charge in [-0.3, -0.25) is 9.69 Å². The third-order valence-corrected chi connectivity index (χ3v) is 4.46. The molecule has 23 heavy (non-hydrogen) atoms. The zero-order valence-electron chi connectivity index (χ0n) is 13.0. The molecule has 0 bridgehead atoms. The largest absolute Gasteiger partial charge is 0.481 e. The predicted molar refractivity (Wildman–Crippen MR) is 87.3 cm³/mol. The highest BCUT2D eigenvalue weighted by atomic mass is 35.5. The van der Waals surface area contributed by atoms with Gasteiger partial charge in [0.15, 0.2) is 0 Å². The maximum Gasteiger partial charge on any atom is 0.307 e. The van der Waals surface area contributed by atoms with Crippen molar-refractivity contribution in [1.82, 2.24) is 9.88 Å². The van der Waals surface area contributed by atoms with Crippen LogP contribution in [0.25, 0.3) is 11.5 Å². The lowest BCUT2D eigenvalue weighted by atomic mass is 9.98. The molecule has 2 aromatic rings. The van der Waals surface area contributed by atoms with Gasteiger partial charge in [-0.2, -0.15) is 0 Å². The first-order chi connectivity index (χ1) is 11.0. The van der Waals surface area contributed by atoms with E-state index in [-0.39, 0.29) is 5.92 Å². The molecule has 122 valence electrons. The van der Waals surface area contributed by atoms with E-state index in [1.807, 2.05) is 19.1 Å². The molecule has 0 amide bonds. The van der Waals surface area contributed by atoms with Crippen LogP contribution in [0.2, 0.25) is 5.02 Å². The number of hydrogen-bond acceptors (Lipinski definition) is 4. The molecule has 1 aromatic heterocycles. The highest BCUT2D eigenvalue weighted by Gasteiger charge is 2.26. The molecule has 0 aliphatic carbocycles. The van der Waals surface area contributed by atoms with E-state index in [1.165, 1.54) is 0 Å². The van der Waals surface area contributed by atoms with E-state index in [4.69, 9.17) is 16.0 Å². The van der Waals surface area contributed by atoms with E-state index in [2.05, 4.69) is 9.88 Å². The number of carboxylic acid groups (broad SMARTS) is 1. The highest BCUT2D eigenvalue weighted by Crippen LogP contribution is 2.25. The molecule has 1 fully saturated rings. The second-order valence-electron chi connectivity index (χ2n) is 5.94. The number of aliphatic carboxylic acids is 1. The fraction of sp³-hybridized carbons (Fsp3) is 0.412. The van der Waals surface area contributed by atoms with Crippen molar-refractivity contribution in [1.29, 1.82) is 0 Å². The Bertz CT molecular complexity index is 696. The number of aromatic nitrogens is 1. The minimum Gasteiger partial charge on any atom is -0.481 e. The lowest BCUT2D eigenvalue weighted by Crippen LogP contribution is -2.38. The molecule has 1 atom stereocenters. The number of aryl methyl sites for hydroxylation is 1. The number of rotatable bonds is 4. The van der Waals surface area contributed by atoms with Crippen LogP contribution >= 0.6 is 11.6 Å². The van der Waals surface area contributed by atoms with Crippen molar-refractivity contribution in [3.05, 3.63) is 40.7 Å². The normalized spacial score (nSPS) is 19.0. The molecule has 5 nitrogen and oxygen atoms in total. The second kappa shape index (κ2) is 6.72. The summed E-state index contributed by atoms with van der Waals surface area (Å²) in [5.74, 6) is 0.341. The van der Waals surface area contributed by atoms with Crippen LogP contribution in [0.1, 0.15) is 24.3 Å². The van der Waals surface area contributed by atoms with Gasteiger partial charge in [0.05, 0.1) is 11.6 Å². The molecular weight excluding hydrogens is 316 g/mol. The molecule has 1 aliphatic rings. The summed E-state index contributed by atoms with van der Waals surface area (Å²) in [6.07, 6.45) is 1.65. The van der Waals surface area contributed by atoms with E-state index in [0.717, 1.165) is 36.4 Å². The lowest BCUT2D eigenvalue weighted by molar-refractivity contribution is -0.143. The summed E-state index contributed by atoms with van der Waals surface area (Å²) in [6, 6.07) is 7.36. The van der Waals surface area contributed by atoms with Gasteiger partial charge in [0, 0.05) is 23.7 Å². The number of carboxylic acids is 1. The van der Waals surface area contributed by atoms with Crippen LogP contribution in [0.5, 0.6) is 0 Å². The van der Waals surface area contributed by atoms with E-state index >= 15 is 0 Å². The van der Waals surface area contributed by atoms with Crippen LogP contribution in [0.4, 0.5) is 0 Å². The summed E-state index contributed by atoms with van der Waals surface area (Å²) in [7, 11) is 0. The molecule has 6 heteroatoms. The van der Waals surface area contributed by atoms with Gasteiger partial charge in [-0.25, -0.2) is 4.98 Å². The van der Waals surface area contributed by atoms with Gasteiger partial charge in [0.2, 0.25) is 5.89 Å². The quantitative estimate of drug-likeness (QED) is 0.925. The maximum absolute atomic E-state index is 11.2. The number of benzene rings is 1. The minimum absolute atomic E-state index is 0.285. The molecule has 0 radical (unpaired) electrons. The van der Waals surface area contributed by atoms with Gasteiger partial charge >= 0.3 is 5.97 Å². The molecule has 1 N–H and O–H groups in total. The molecule has 1 aliphatic heterocycles. The van der Waals surface area contributed by atoms with Crippen LogP contribution in [0.3, 0.4) is 0 Å². The summed E-state index contributed by atoms with van der Waals surface area (Å²) >= 11 is 5.90. The summed E-state index contributed by atoms with van der Waals surface area (Å²) in [5, 5.41) is 9.85. The van der Waals surface area contributed by atoms with E-state index in [9.17, 15) is 9.90 Å². The highest BCUT2D eigenvalue weighted by molar-refractivity contribution is 6.30. The van der Waals surface area contributed by atoms with Gasteiger partial charge in [-0.1, -0.05) is 11.6 Å². The maximum atomic E-state index is 11.2. The number of nitrogens with zero attached hydrogens (tertiary/aromatic N) is 2. The van der Waals surface area contributed by atoms with Crippen LogP contribution in [0, 0.1) is 12.8 Å². The number of oxazole rings is 1. The standard InChI is InChI=1S/C17H19ClN2O3/c1-11-15(10-20-8-2-3-13(9-20)17(21)22)19-16(23-11)12-4-6-14(18)7-5-12/h4-7,13H,2-3,8-10H2,1H3,(H,21,22). The predicted octanol–water partition coefficient (Wildman–Crippen LogP) is 3.60. The fourth-order valence-corrected chi connectivity index (χ4v) is 3.03. The second-order valence-corrected chi connectivity index (χ2v) is 6.38. The Balaban J connectivity index is 1.73. The zero-order chi connectivity index (χ0) is 16.4. The minimum atomic E-state index is -0.714. The Labute approximate surface area is 139 Å². The monoisotopic (exact) mass is 334 g/mol. The molecule has 1 saturated heterocycles. The lowest BCUT2D eigenvalue weighted by Gasteiger charge is -2.29. The van der Waals surface area contributed by atoms with Crippen LogP contribution in [-0.4, -0.2) is 34.0 Å². The number of carbonyl (C=O) groups is 1. The van der Waals surface area contributed by atoms with Crippen LogP contribution in [0.15, 0.2) is 28.7 Å². The smallest absolute Gasteiger partial charge is 0.307 e. The van der Waals surface area contributed by atoms with Crippen molar-refractivity contribution in [2.24, 2.45) is 5.92 Å². The van der Waals surface area contributed by atoms with Gasteiger partial charge in [0.1, 0.15) is 5.76 Å². The molecule has 3 rings (SSSR count). The molecule has 0 saturated carbocycles. The van der Waals surface area contributed by atoms with Gasteiger partial charge < -0.3 is 9.52 Å². The average molecular weight is 335 g/mol. The van der Waals surface area contributed by atoms with E-state index in [1.54, 1.807) is 12.1 Å². The Morgan fingerprint density at radius 3 is 2.87 bits per heavy atom. The van der Waals surface area contributed by atoms with Crippen molar-refractivity contribution in [2.45, 2.75) is 26.3 Å². The van der Waals surface area contributed by atoms with Gasteiger partial charge in [-0.05, 0) is 50.6 Å². The van der Waals surface area contributed by atoms with Crippen molar-refractivity contribution >= 4 is 17.6 Å². The summed E-state index contributed by atoms with van der Waals surface area (Å²) < 4.78 is 5.76. The first-order valence-electron chi connectivity index (χ1n) is 7.70. The summed E-state index contributed by atoms with van der Waals surface area (Å²) in [6.45, 7) is 3.97. The summed E-state index contributed by atoms with van der Waals surface area (Å²) in [4.78, 5) is 17.9. The third-order valence-electron chi connectivity index (χ3n) is 4.21. The SMILES string of the molecule is Cc1oc(-c2ccc(Cl)cc2)nc1CN1CCCC(C(=O)O)C1. The van der Waals surface area contributed by atoms with Crippen molar-refractivity contribution in [2.75, 3.05) is 13.1 Å². The molecule has 1 aromatic carbocycles. The first-order valence-corrected chi connectivity index (χ1v) is 8.08. The Morgan fingerprint density at radius 1 is 1.43 bits per heavy atom. The molecular formula is C17H19ClN2O3. The number of hydrogen-bond donors (Lipinski definition) is 1. The Morgan fingerprint density at radius 2 is 2.17 bits per heavy atom. The van der Waals surface area contributed by atoms with Crippen LogP contribution < -0.4 is 0 Å². The molecule has 1 unspecified atom stereocenters. The third kappa shape index (κ3) is 3.74. The van der Waals surface area contributed by atoms with Crippen molar-refractivity contribution in [3.63, 3.8) is 0 Å². The first kappa shape index (κ1) is 16.0. The zero-order valence-corrected chi connectivity index (χ0v) is 13.7. The van der Waals surface area contributed by atoms with Crippen molar-refractivity contribution in [3.8, 4) is 11.5 Å². The Kier molecular flexibility index (Phi) is 4.68. The van der Waals surface area contributed by atoms with Gasteiger partial charge in [-0.15, -0.1) is 0 Å². The average Bonchev–Trinajstić information content (AvgIpc) is 2.89.